The zero-order valence-electron chi connectivity index (χ0n) is 12.7. The van der Waals surface area contributed by atoms with Crippen LogP contribution in [0.3, 0.4) is 0 Å². The van der Waals surface area contributed by atoms with Crippen LogP contribution in [0.15, 0.2) is 29.6 Å². The van der Waals surface area contributed by atoms with Gasteiger partial charge < -0.3 is 16.4 Å². The Balaban J connectivity index is 0.00000264. The number of hydrogen-bond donors (Lipinski definition) is 2. The van der Waals surface area contributed by atoms with Gasteiger partial charge in [0.25, 0.3) is 5.91 Å². The molecule has 0 aliphatic heterocycles. The average molecular weight is 355 g/mol. The summed E-state index contributed by atoms with van der Waals surface area (Å²) in [5.74, 6) is -0.714. The van der Waals surface area contributed by atoms with Gasteiger partial charge in [-0.25, -0.2) is 4.98 Å². The molecule has 2 rings (SSSR count). The molecule has 0 atom stereocenters. The highest BCUT2D eigenvalue weighted by Crippen LogP contribution is 2.20. The van der Waals surface area contributed by atoms with Gasteiger partial charge in [0.2, 0.25) is 5.91 Å². The Morgan fingerprint density at radius 2 is 2.09 bits per heavy atom. The van der Waals surface area contributed by atoms with Crippen LogP contribution >= 0.6 is 23.7 Å². The molecule has 1 heterocycles. The number of carbonyl (C=O) groups excluding carboxylic acids is 2. The minimum absolute atomic E-state index is 0. The zero-order valence-corrected chi connectivity index (χ0v) is 14.3. The first-order chi connectivity index (χ1) is 10.5. The number of aromatic nitrogens is 1. The number of benzene rings is 1. The Morgan fingerprint density at radius 3 is 2.65 bits per heavy atom. The van der Waals surface area contributed by atoms with Crippen molar-refractivity contribution in [3.63, 3.8) is 0 Å². The quantitative estimate of drug-likeness (QED) is 0.826. The molecule has 8 heteroatoms. The van der Waals surface area contributed by atoms with E-state index < -0.39 is 5.91 Å². The van der Waals surface area contributed by atoms with Crippen LogP contribution < -0.4 is 16.4 Å². The molecule has 0 aliphatic rings. The first kappa shape index (κ1) is 19.1. The molecule has 1 aromatic carbocycles. The normalized spacial score (nSPS) is 10.0. The van der Waals surface area contributed by atoms with Crippen molar-refractivity contribution in [3.8, 4) is 0 Å². The maximum absolute atomic E-state index is 12.7. The lowest BCUT2D eigenvalue weighted by Gasteiger charge is -2.21. The fourth-order valence-corrected chi connectivity index (χ4v) is 2.66. The molecule has 0 saturated carbocycles. The topological polar surface area (TPSA) is 102 Å². The third-order valence-corrected chi connectivity index (χ3v) is 3.96. The minimum atomic E-state index is -0.452. The molecule has 23 heavy (non-hydrogen) atoms. The summed E-state index contributed by atoms with van der Waals surface area (Å²) in [5.41, 5.74) is 12.8. The van der Waals surface area contributed by atoms with Crippen molar-refractivity contribution in [3.05, 3.63) is 45.9 Å². The molecule has 0 radical (unpaired) electrons. The Labute approximate surface area is 144 Å². The number of thiazole rings is 1. The summed E-state index contributed by atoms with van der Waals surface area (Å²) in [5, 5.41) is 2.37. The molecule has 4 N–H and O–H groups in total. The first-order valence-corrected chi connectivity index (χ1v) is 7.70. The van der Waals surface area contributed by atoms with Crippen LogP contribution in [-0.2, 0) is 11.3 Å². The van der Waals surface area contributed by atoms with Crippen molar-refractivity contribution in [2.75, 3.05) is 11.4 Å². The maximum atomic E-state index is 12.7. The molecule has 124 valence electrons. The van der Waals surface area contributed by atoms with Gasteiger partial charge in [-0.05, 0) is 24.6 Å². The molecule has 0 bridgehead atoms. The van der Waals surface area contributed by atoms with E-state index in [0.717, 1.165) is 5.56 Å². The lowest BCUT2D eigenvalue weighted by molar-refractivity contribution is -0.117. The summed E-state index contributed by atoms with van der Waals surface area (Å²) in [6.07, 6.45) is 0.0908. The van der Waals surface area contributed by atoms with Crippen LogP contribution in [0.25, 0.3) is 0 Å². The summed E-state index contributed by atoms with van der Waals surface area (Å²) in [6.45, 7) is 2.45. The molecular formula is C15H19ClN4O2S. The van der Waals surface area contributed by atoms with E-state index in [0.29, 0.717) is 22.9 Å². The summed E-state index contributed by atoms with van der Waals surface area (Å²) >= 11 is 1.34. The molecule has 1 aromatic heterocycles. The number of halogens is 1. The molecule has 0 saturated heterocycles. The smallest absolute Gasteiger partial charge is 0.277 e. The molecule has 0 unspecified atom stereocenters. The van der Waals surface area contributed by atoms with Crippen molar-refractivity contribution >= 4 is 41.2 Å². The summed E-state index contributed by atoms with van der Waals surface area (Å²) < 4.78 is 0. The van der Waals surface area contributed by atoms with E-state index in [4.69, 9.17) is 11.5 Å². The number of carbonyl (C=O) groups is 2. The van der Waals surface area contributed by atoms with E-state index in [1.165, 1.54) is 16.2 Å². The van der Waals surface area contributed by atoms with E-state index in [-0.39, 0.29) is 31.3 Å². The zero-order chi connectivity index (χ0) is 16.1. The fraction of sp³-hybridized carbons (Fsp3) is 0.267. The van der Waals surface area contributed by atoms with Gasteiger partial charge >= 0.3 is 0 Å². The largest absolute Gasteiger partial charge is 0.370 e. The van der Waals surface area contributed by atoms with Gasteiger partial charge in [0.05, 0.1) is 0 Å². The molecule has 6 nitrogen and oxygen atoms in total. The Kier molecular flexibility index (Phi) is 7.15. The Bertz CT molecular complexity index is 690. The van der Waals surface area contributed by atoms with Crippen LogP contribution in [0.4, 0.5) is 5.69 Å². The van der Waals surface area contributed by atoms with E-state index in [1.807, 2.05) is 31.2 Å². The number of hydrogen-bond acceptors (Lipinski definition) is 5. The molecular weight excluding hydrogens is 336 g/mol. The SMILES string of the molecule is Cc1cccc(N(CCC(N)=O)C(=O)c2csc(CN)n2)c1.Cl. The predicted octanol–water partition coefficient (Wildman–Crippen LogP) is 1.85. The first-order valence-electron chi connectivity index (χ1n) is 6.82. The van der Waals surface area contributed by atoms with Crippen LogP contribution in [0.2, 0.25) is 0 Å². The number of amides is 2. The van der Waals surface area contributed by atoms with Crippen LogP contribution in [0.1, 0.15) is 27.5 Å². The van der Waals surface area contributed by atoms with Crippen molar-refractivity contribution < 1.29 is 9.59 Å². The number of anilines is 1. The summed E-state index contributed by atoms with van der Waals surface area (Å²) in [6, 6.07) is 7.51. The van der Waals surface area contributed by atoms with Crippen molar-refractivity contribution in [2.24, 2.45) is 11.5 Å². The van der Waals surface area contributed by atoms with E-state index in [9.17, 15) is 9.59 Å². The highest BCUT2D eigenvalue weighted by Gasteiger charge is 2.21. The lowest BCUT2D eigenvalue weighted by atomic mass is 10.2. The average Bonchev–Trinajstić information content (AvgIpc) is 2.96. The van der Waals surface area contributed by atoms with Gasteiger partial charge in [-0.2, -0.15) is 0 Å². The predicted molar refractivity (Wildman–Crippen MR) is 93.9 cm³/mol. The van der Waals surface area contributed by atoms with Crippen LogP contribution in [0.5, 0.6) is 0 Å². The van der Waals surface area contributed by atoms with E-state index >= 15 is 0 Å². The van der Waals surface area contributed by atoms with Crippen molar-refractivity contribution in [2.45, 2.75) is 19.9 Å². The Hall–Kier alpha value is -1.96. The minimum Gasteiger partial charge on any atom is -0.370 e. The van der Waals surface area contributed by atoms with E-state index in [2.05, 4.69) is 4.98 Å². The van der Waals surface area contributed by atoms with Gasteiger partial charge in [-0.1, -0.05) is 12.1 Å². The highest BCUT2D eigenvalue weighted by atomic mass is 35.5. The molecule has 2 amide bonds. The van der Waals surface area contributed by atoms with Crippen LogP contribution in [0, 0.1) is 6.92 Å². The fourth-order valence-electron chi connectivity index (χ4n) is 2.01. The molecule has 0 spiro atoms. The van der Waals surface area contributed by atoms with E-state index in [1.54, 1.807) is 5.38 Å². The van der Waals surface area contributed by atoms with Gasteiger partial charge in [0.1, 0.15) is 10.7 Å². The lowest BCUT2D eigenvalue weighted by Crippen LogP contribution is -2.34. The van der Waals surface area contributed by atoms with Gasteiger partial charge in [0, 0.05) is 30.6 Å². The standard InChI is InChI=1S/C15H18N4O2S.ClH/c1-10-3-2-4-11(7-10)19(6-5-13(17)20)15(21)12-9-22-14(8-16)18-12;/h2-4,7,9H,5-6,8,16H2,1H3,(H2,17,20);1H. The number of nitrogens with zero attached hydrogens (tertiary/aromatic N) is 2. The van der Waals surface area contributed by atoms with Crippen molar-refractivity contribution in [1.82, 2.24) is 4.98 Å². The molecule has 2 aromatic rings. The van der Waals surface area contributed by atoms with Crippen molar-refractivity contribution in [1.29, 1.82) is 0 Å². The van der Waals surface area contributed by atoms with Crippen LogP contribution in [-0.4, -0.2) is 23.3 Å². The van der Waals surface area contributed by atoms with Gasteiger partial charge in [-0.3, -0.25) is 9.59 Å². The molecule has 0 fully saturated rings. The summed E-state index contributed by atoms with van der Waals surface area (Å²) in [4.78, 5) is 29.5. The number of aryl methyl sites for hydroxylation is 1. The highest BCUT2D eigenvalue weighted by molar-refractivity contribution is 7.09. The maximum Gasteiger partial charge on any atom is 0.277 e. The number of rotatable bonds is 6. The van der Waals surface area contributed by atoms with Gasteiger partial charge in [-0.15, -0.1) is 23.7 Å². The monoisotopic (exact) mass is 354 g/mol. The summed E-state index contributed by atoms with van der Waals surface area (Å²) in [7, 11) is 0. The third kappa shape index (κ3) is 5.02. The second-order valence-electron chi connectivity index (χ2n) is 4.84. The number of nitrogens with two attached hydrogens (primary N) is 2. The second-order valence-corrected chi connectivity index (χ2v) is 5.79. The number of primary amides is 1. The second kappa shape index (κ2) is 8.61. The van der Waals surface area contributed by atoms with Gasteiger partial charge in [0.15, 0.2) is 0 Å². The molecule has 0 aliphatic carbocycles. The Morgan fingerprint density at radius 1 is 1.35 bits per heavy atom. The third-order valence-electron chi connectivity index (χ3n) is 3.09.